The van der Waals surface area contributed by atoms with Crippen molar-refractivity contribution in [2.24, 2.45) is 5.41 Å². The number of carboxylic acids is 1. The van der Waals surface area contributed by atoms with Crippen LogP contribution >= 0.6 is 0 Å². The van der Waals surface area contributed by atoms with Crippen LogP contribution in [0.2, 0.25) is 0 Å². The molecule has 0 atom stereocenters. The van der Waals surface area contributed by atoms with Crippen molar-refractivity contribution >= 4 is 16.9 Å². The second-order valence-electron chi connectivity index (χ2n) is 5.15. The Labute approximate surface area is 112 Å². The maximum absolute atomic E-state index is 11.0. The number of hydrogen-bond acceptors (Lipinski definition) is 3. The third kappa shape index (κ3) is 3.22. The monoisotopic (exact) mass is 259 g/mol. The first-order valence-electron chi connectivity index (χ1n) is 6.20. The van der Waals surface area contributed by atoms with Crippen molar-refractivity contribution in [3.8, 4) is 5.75 Å². The first-order chi connectivity index (χ1) is 8.99. The van der Waals surface area contributed by atoms with Crippen molar-refractivity contribution in [1.82, 2.24) is 4.98 Å². The molecular weight excluding hydrogens is 242 g/mol. The number of ether oxygens (including phenoxy) is 1. The highest BCUT2D eigenvalue weighted by molar-refractivity contribution is 5.79. The molecule has 19 heavy (non-hydrogen) atoms. The normalized spacial score (nSPS) is 11.5. The van der Waals surface area contributed by atoms with Crippen molar-refractivity contribution in [2.45, 2.75) is 20.3 Å². The highest BCUT2D eigenvalue weighted by Gasteiger charge is 2.26. The summed E-state index contributed by atoms with van der Waals surface area (Å²) in [7, 11) is 0. The molecule has 0 aliphatic carbocycles. The predicted molar refractivity (Wildman–Crippen MR) is 73.3 cm³/mol. The lowest BCUT2D eigenvalue weighted by molar-refractivity contribution is -0.147. The zero-order chi connectivity index (χ0) is 13.9. The summed E-state index contributed by atoms with van der Waals surface area (Å²) in [6, 6.07) is 9.55. The van der Waals surface area contributed by atoms with Gasteiger partial charge in [0.15, 0.2) is 0 Å². The number of aliphatic carboxylic acids is 1. The molecule has 4 heteroatoms. The summed E-state index contributed by atoms with van der Waals surface area (Å²) in [5.41, 5.74) is 0.104. The van der Waals surface area contributed by atoms with E-state index in [0.29, 0.717) is 18.8 Å². The number of benzene rings is 1. The minimum atomic E-state index is -0.809. The fraction of sp³-hybridized carbons (Fsp3) is 0.333. The van der Waals surface area contributed by atoms with Crippen LogP contribution in [0.25, 0.3) is 10.9 Å². The van der Waals surface area contributed by atoms with Crippen LogP contribution < -0.4 is 4.74 Å². The number of pyridine rings is 1. The lowest BCUT2D eigenvalue weighted by Crippen LogP contribution is -2.25. The van der Waals surface area contributed by atoms with Gasteiger partial charge in [-0.05, 0) is 38.5 Å². The Bertz CT molecular complexity index is 593. The molecule has 0 radical (unpaired) electrons. The van der Waals surface area contributed by atoms with Crippen molar-refractivity contribution in [2.75, 3.05) is 6.61 Å². The summed E-state index contributed by atoms with van der Waals surface area (Å²) >= 11 is 0. The quantitative estimate of drug-likeness (QED) is 0.896. The van der Waals surface area contributed by atoms with E-state index >= 15 is 0 Å². The van der Waals surface area contributed by atoms with Crippen LogP contribution in [-0.4, -0.2) is 22.7 Å². The van der Waals surface area contributed by atoms with Crippen LogP contribution in [-0.2, 0) is 4.79 Å². The standard InChI is InChI=1S/C15H17NO3/c1-15(2,14(17)18)7-9-19-12-6-5-11-4-3-8-16-13(11)10-12/h3-6,8,10H,7,9H2,1-2H3,(H,17,18). The third-order valence-electron chi connectivity index (χ3n) is 3.15. The second kappa shape index (κ2) is 5.26. The van der Waals surface area contributed by atoms with Gasteiger partial charge in [-0.15, -0.1) is 0 Å². The van der Waals surface area contributed by atoms with Crippen LogP contribution in [0.5, 0.6) is 5.75 Å². The number of carbonyl (C=O) groups is 1. The van der Waals surface area contributed by atoms with E-state index < -0.39 is 11.4 Å². The first-order valence-corrected chi connectivity index (χ1v) is 6.20. The Hall–Kier alpha value is -2.10. The Morgan fingerprint density at radius 3 is 2.89 bits per heavy atom. The van der Waals surface area contributed by atoms with Crippen molar-refractivity contribution < 1.29 is 14.6 Å². The topological polar surface area (TPSA) is 59.4 Å². The molecule has 1 N–H and O–H groups in total. The zero-order valence-electron chi connectivity index (χ0n) is 11.1. The Morgan fingerprint density at radius 2 is 2.16 bits per heavy atom. The second-order valence-corrected chi connectivity index (χ2v) is 5.15. The molecular formula is C15H17NO3. The SMILES string of the molecule is CC(C)(CCOc1ccc2cccnc2c1)C(=O)O. The first kappa shape index (κ1) is 13.3. The average molecular weight is 259 g/mol. The van der Waals surface area contributed by atoms with Crippen molar-refractivity contribution in [1.29, 1.82) is 0 Å². The van der Waals surface area contributed by atoms with E-state index in [1.165, 1.54) is 0 Å². The van der Waals surface area contributed by atoms with E-state index in [-0.39, 0.29) is 0 Å². The summed E-state index contributed by atoms with van der Waals surface area (Å²) in [4.78, 5) is 15.2. The van der Waals surface area contributed by atoms with Gasteiger partial charge in [-0.2, -0.15) is 0 Å². The van der Waals surface area contributed by atoms with Crippen molar-refractivity contribution in [3.63, 3.8) is 0 Å². The van der Waals surface area contributed by atoms with E-state index in [1.807, 2.05) is 30.3 Å². The van der Waals surface area contributed by atoms with Crippen LogP contribution in [0.3, 0.4) is 0 Å². The Balaban J connectivity index is 2.00. The highest BCUT2D eigenvalue weighted by atomic mass is 16.5. The molecule has 0 aliphatic rings. The molecule has 2 aromatic rings. The van der Waals surface area contributed by atoms with E-state index in [2.05, 4.69) is 4.98 Å². The summed E-state index contributed by atoms with van der Waals surface area (Å²) in [6.45, 7) is 3.76. The van der Waals surface area contributed by atoms with Gasteiger partial charge in [0, 0.05) is 17.6 Å². The fourth-order valence-electron chi connectivity index (χ4n) is 1.67. The minimum absolute atomic E-state index is 0.373. The average Bonchev–Trinajstić information content (AvgIpc) is 2.38. The van der Waals surface area contributed by atoms with E-state index in [9.17, 15) is 4.79 Å². The Kier molecular flexibility index (Phi) is 3.69. The largest absolute Gasteiger partial charge is 0.493 e. The lowest BCUT2D eigenvalue weighted by atomic mass is 9.90. The molecule has 1 aromatic carbocycles. The lowest BCUT2D eigenvalue weighted by Gasteiger charge is -2.18. The van der Waals surface area contributed by atoms with Gasteiger partial charge in [-0.25, -0.2) is 0 Å². The van der Waals surface area contributed by atoms with Crippen LogP contribution in [0.1, 0.15) is 20.3 Å². The maximum atomic E-state index is 11.0. The molecule has 0 saturated heterocycles. The van der Waals surface area contributed by atoms with E-state index in [4.69, 9.17) is 9.84 Å². The van der Waals surface area contributed by atoms with Gasteiger partial charge >= 0.3 is 5.97 Å². The van der Waals surface area contributed by atoms with Gasteiger partial charge < -0.3 is 9.84 Å². The molecule has 100 valence electrons. The number of hydrogen-bond donors (Lipinski definition) is 1. The molecule has 1 aromatic heterocycles. The maximum Gasteiger partial charge on any atom is 0.309 e. The van der Waals surface area contributed by atoms with Gasteiger partial charge in [0.2, 0.25) is 0 Å². The summed E-state index contributed by atoms with van der Waals surface area (Å²) in [5, 5.41) is 10.1. The number of carboxylic acid groups (broad SMARTS) is 1. The van der Waals surface area contributed by atoms with Gasteiger partial charge in [0.1, 0.15) is 5.75 Å². The van der Waals surface area contributed by atoms with Gasteiger partial charge in [-0.1, -0.05) is 6.07 Å². The Morgan fingerprint density at radius 1 is 1.37 bits per heavy atom. The smallest absolute Gasteiger partial charge is 0.309 e. The molecule has 1 heterocycles. The minimum Gasteiger partial charge on any atom is -0.493 e. The summed E-state index contributed by atoms with van der Waals surface area (Å²) in [5.74, 6) is -0.0938. The van der Waals surface area contributed by atoms with Gasteiger partial charge in [0.05, 0.1) is 17.5 Å². The fourth-order valence-corrected chi connectivity index (χ4v) is 1.67. The van der Waals surface area contributed by atoms with Gasteiger partial charge in [-0.3, -0.25) is 9.78 Å². The van der Waals surface area contributed by atoms with E-state index in [1.54, 1.807) is 20.0 Å². The number of nitrogens with zero attached hydrogens (tertiary/aromatic N) is 1. The van der Waals surface area contributed by atoms with Crippen molar-refractivity contribution in [3.05, 3.63) is 36.5 Å². The summed E-state index contributed by atoms with van der Waals surface area (Å²) in [6.07, 6.45) is 2.20. The molecule has 0 saturated carbocycles. The highest BCUT2D eigenvalue weighted by Crippen LogP contribution is 2.23. The predicted octanol–water partition coefficient (Wildman–Crippen LogP) is 3.11. The van der Waals surface area contributed by atoms with Crippen LogP contribution in [0, 0.1) is 5.41 Å². The molecule has 0 amide bonds. The number of rotatable bonds is 5. The van der Waals surface area contributed by atoms with Gasteiger partial charge in [0.25, 0.3) is 0 Å². The molecule has 0 unspecified atom stereocenters. The molecule has 0 fully saturated rings. The molecule has 0 bridgehead atoms. The van der Waals surface area contributed by atoms with Crippen LogP contribution in [0.4, 0.5) is 0 Å². The molecule has 2 rings (SSSR count). The number of fused-ring (bicyclic) bond motifs is 1. The molecule has 4 nitrogen and oxygen atoms in total. The zero-order valence-corrected chi connectivity index (χ0v) is 11.1. The molecule has 0 aliphatic heterocycles. The third-order valence-corrected chi connectivity index (χ3v) is 3.15. The number of aromatic nitrogens is 1. The van der Waals surface area contributed by atoms with Crippen LogP contribution in [0.15, 0.2) is 36.5 Å². The molecule has 0 spiro atoms. The summed E-state index contributed by atoms with van der Waals surface area (Å²) < 4.78 is 5.60. The van der Waals surface area contributed by atoms with E-state index in [0.717, 1.165) is 10.9 Å².